The second-order valence-corrected chi connectivity index (χ2v) is 5.20. The number of rotatable bonds is 6. The van der Waals surface area contributed by atoms with Gasteiger partial charge in [-0.15, -0.1) is 6.42 Å². The minimum atomic E-state index is 0.218. The molecule has 0 aliphatic carbocycles. The maximum absolute atomic E-state index is 6.12. The first-order valence-electron chi connectivity index (χ1n) is 6.87. The first-order chi connectivity index (χ1) is 10.6. The zero-order valence-electron chi connectivity index (χ0n) is 12.7. The fraction of sp³-hybridized carbons (Fsp3) is 0.222. The Balaban J connectivity index is 2.06. The Kier molecular flexibility index (Phi) is 5.57. The maximum atomic E-state index is 6.12. The quantitative estimate of drug-likeness (QED) is 0.807. The van der Waals surface area contributed by atoms with Crippen molar-refractivity contribution < 1.29 is 9.47 Å². The van der Waals surface area contributed by atoms with E-state index in [9.17, 15) is 0 Å². The van der Waals surface area contributed by atoms with Gasteiger partial charge in [0.05, 0.1) is 7.11 Å². The van der Waals surface area contributed by atoms with Gasteiger partial charge in [-0.3, -0.25) is 0 Å². The summed E-state index contributed by atoms with van der Waals surface area (Å²) in [5.74, 6) is 3.74. The van der Waals surface area contributed by atoms with Gasteiger partial charge in [-0.2, -0.15) is 0 Å². The number of terminal acetylenes is 1. The van der Waals surface area contributed by atoms with E-state index >= 15 is 0 Å². The zero-order valence-corrected chi connectivity index (χ0v) is 13.4. The predicted molar refractivity (Wildman–Crippen MR) is 90.8 cm³/mol. The number of anilines is 1. The molecule has 22 heavy (non-hydrogen) atoms. The van der Waals surface area contributed by atoms with Gasteiger partial charge in [0.1, 0.15) is 6.61 Å². The van der Waals surface area contributed by atoms with E-state index in [0.717, 1.165) is 21.8 Å². The van der Waals surface area contributed by atoms with E-state index in [0.29, 0.717) is 18.0 Å². The summed E-state index contributed by atoms with van der Waals surface area (Å²) in [6, 6.07) is 11.7. The minimum Gasteiger partial charge on any atom is -0.493 e. The first-order valence-corrected chi connectivity index (χ1v) is 7.25. The van der Waals surface area contributed by atoms with Crippen LogP contribution >= 0.6 is 11.6 Å². The van der Waals surface area contributed by atoms with Gasteiger partial charge in [0, 0.05) is 17.3 Å². The number of nitrogens with one attached hydrogen (secondary N) is 1. The summed E-state index contributed by atoms with van der Waals surface area (Å²) in [6.45, 7) is 2.85. The fourth-order valence-electron chi connectivity index (χ4n) is 1.97. The van der Waals surface area contributed by atoms with E-state index in [1.54, 1.807) is 7.11 Å². The average molecular weight is 316 g/mol. The van der Waals surface area contributed by atoms with E-state index in [1.807, 2.05) is 43.3 Å². The Morgan fingerprint density at radius 3 is 2.68 bits per heavy atom. The smallest absolute Gasteiger partial charge is 0.162 e. The fourth-order valence-corrected chi connectivity index (χ4v) is 2.15. The molecular formula is C18H18ClNO2. The molecule has 0 saturated heterocycles. The van der Waals surface area contributed by atoms with Gasteiger partial charge in [0.15, 0.2) is 11.5 Å². The number of hydrogen-bond donors (Lipinski definition) is 1. The van der Waals surface area contributed by atoms with Crippen molar-refractivity contribution in [3.63, 3.8) is 0 Å². The topological polar surface area (TPSA) is 30.5 Å². The van der Waals surface area contributed by atoms with Gasteiger partial charge in [0.2, 0.25) is 0 Å². The Labute approximate surface area is 136 Å². The molecule has 0 bridgehead atoms. The third kappa shape index (κ3) is 4.09. The molecule has 3 nitrogen and oxygen atoms in total. The highest BCUT2D eigenvalue weighted by atomic mass is 35.5. The molecule has 0 heterocycles. The van der Waals surface area contributed by atoms with Gasteiger partial charge in [0.25, 0.3) is 0 Å². The Morgan fingerprint density at radius 1 is 1.18 bits per heavy atom. The van der Waals surface area contributed by atoms with Crippen molar-refractivity contribution in [2.24, 2.45) is 0 Å². The monoisotopic (exact) mass is 315 g/mol. The Bertz CT molecular complexity index is 692. The van der Waals surface area contributed by atoms with Crippen LogP contribution in [-0.2, 0) is 6.54 Å². The van der Waals surface area contributed by atoms with Crippen LogP contribution in [0.5, 0.6) is 11.5 Å². The SMILES string of the molecule is C#CCOc1ccc(CNc2ccc(C)c(Cl)c2)cc1OC. The van der Waals surface area contributed by atoms with Crippen molar-refractivity contribution in [1.82, 2.24) is 0 Å². The van der Waals surface area contributed by atoms with Crippen LogP contribution in [0.15, 0.2) is 36.4 Å². The Hall–Kier alpha value is -2.31. The van der Waals surface area contributed by atoms with Crippen LogP contribution < -0.4 is 14.8 Å². The second-order valence-electron chi connectivity index (χ2n) is 4.80. The molecular weight excluding hydrogens is 298 g/mol. The molecule has 0 unspecified atom stereocenters. The normalized spacial score (nSPS) is 9.91. The molecule has 0 aliphatic heterocycles. The number of halogens is 1. The van der Waals surface area contributed by atoms with Gasteiger partial charge in [-0.05, 0) is 42.3 Å². The van der Waals surface area contributed by atoms with Crippen LogP contribution in [0.1, 0.15) is 11.1 Å². The van der Waals surface area contributed by atoms with E-state index in [1.165, 1.54) is 0 Å². The number of methoxy groups -OCH3 is 1. The lowest BCUT2D eigenvalue weighted by Crippen LogP contribution is -2.01. The molecule has 114 valence electrons. The lowest BCUT2D eigenvalue weighted by molar-refractivity contribution is 0.330. The van der Waals surface area contributed by atoms with Crippen LogP contribution in [0.3, 0.4) is 0 Å². The summed E-state index contributed by atoms with van der Waals surface area (Å²) in [5.41, 5.74) is 3.10. The van der Waals surface area contributed by atoms with Crippen LogP contribution in [0.2, 0.25) is 5.02 Å². The number of hydrogen-bond acceptors (Lipinski definition) is 3. The van der Waals surface area contributed by atoms with E-state index in [4.69, 9.17) is 27.5 Å². The summed E-state index contributed by atoms with van der Waals surface area (Å²) in [5, 5.41) is 4.08. The molecule has 0 atom stereocenters. The summed E-state index contributed by atoms with van der Waals surface area (Å²) >= 11 is 6.12. The molecule has 2 aromatic carbocycles. The Morgan fingerprint density at radius 2 is 2.00 bits per heavy atom. The minimum absolute atomic E-state index is 0.218. The number of benzene rings is 2. The summed E-state index contributed by atoms with van der Waals surface area (Å²) in [4.78, 5) is 0. The molecule has 0 aromatic heterocycles. The summed E-state index contributed by atoms with van der Waals surface area (Å²) in [7, 11) is 1.61. The standard InChI is InChI=1S/C18H18ClNO2/c1-4-9-22-17-8-6-14(10-18(17)21-3)12-20-15-7-5-13(2)16(19)11-15/h1,5-8,10-11,20H,9,12H2,2-3H3. The van der Waals surface area contributed by atoms with Crippen LogP contribution in [0.25, 0.3) is 0 Å². The average Bonchev–Trinajstić information content (AvgIpc) is 2.54. The highest BCUT2D eigenvalue weighted by Gasteiger charge is 2.06. The molecule has 0 radical (unpaired) electrons. The van der Waals surface area contributed by atoms with Gasteiger partial charge in [-0.1, -0.05) is 29.7 Å². The van der Waals surface area contributed by atoms with Crippen LogP contribution in [0.4, 0.5) is 5.69 Å². The van der Waals surface area contributed by atoms with Crippen molar-refractivity contribution >= 4 is 17.3 Å². The van der Waals surface area contributed by atoms with Crippen LogP contribution in [-0.4, -0.2) is 13.7 Å². The molecule has 4 heteroatoms. The largest absolute Gasteiger partial charge is 0.493 e. The summed E-state index contributed by atoms with van der Waals surface area (Å²) in [6.07, 6.45) is 5.20. The maximum Gasteiger partial charge on any atom is 0.162 e. The molecule has 2 aromatic rings. The van der Waals surface area contributed by atoms with Crippen molar-refractivity contribution in [2.75, 3.05) is 19.0 Å². The van der Waals surface area contributed by atoms with Crippen molar-refractivity contribution in [1.29, 1.82) is 0 Å². The highest BCUT2D eigenvalue weighted by molar-refractivity contribution is 6.31. The lowest BCUT2D eigenvalue weighted by atomic mass is 10.2. The third-order valence-corrected chi connectivity index (χ3v) is 3.61. The first kappa shape index (κ1) is 16.1. The van der Waals surface area contributed by atoms with E-state index < -0.39 is 0 Å². The molecule has 2 rings (SSSR count). The van der Waals surface area contributed by atoms with E-state index in [-0.39, 0.29) is 6.61 Å². The molecule has 0 aliphatic rings. The van der Waals surface area contributed by atoms with Gasteiger partial charge < -0.3 is 14.8 Å². The molecule has 1 N–H and O–H groups in total. The highest BCUT2D eigenvalue weighted by Crippen LogP contribution is 2.28. The second kappa shape index (κ2) is 7.63. The predicted octanol–water partition coefficient (Wildman–Crippen LogP) is 4.28. The molecule has 0 saturated carbocycles. The van der Waals surface area contributed by atoms with Crippen molar-refractivity contribution in [2.45, 2.75) is 13.5 Å². The molecule has 0 spiro atoms. The van der Waals surface area contributed by atoms with Crippen LogP contribution in [0, 0.1) is 19.3 Å². The van der Waals surface area contributed by atoms with E-state index in [2.05, 4.69) is 11.2 Å². The zero-order chi connectivity index (χ0) is 15.9. The van der Waals surface area contributed by atoms with Crippen molar-refractivity contribution in [3.05, 3.63) is 52.5 Å². The lowest BCUT2D eigenvalue weighted by Gasteiger charge is -2.12. The van der Waals surface area contributed by atoms with Gasteiger partial charge in [-0.25, -0.2) is 0 Å². The molecule has 0 fully saturated rings. The third-order valence-electron chi connectivity index (χ3n) is 3.21. The number of aryl methyl sites for hydroxylation is 1. The van der Waals surface area contributed by atoms with Crippen molar-refractivity contribution in [3.8, 4) is 23.8 Å². The molecule has 0 amide bonds. The number of ether oxygens (including phenoxy) is 2. The van der Waals surface area contributed by atoms with Gasteiger partial charge >= 0.3 is 0 Å². The summed E-state index contributed by atoms with van der Waals surface area (Å²) < 4.78 is 10.8.